The molecule has 1 atom stereocenters. The molecule has 6 nitrogen and oxygen atoms in total. The summed E-state index contributed by atoms with van der Waals surface area (Å²) >= 11 is 0. The number of imidazole rings is 1. The van der Waals surface area contributed by atoms with E-state index in [0.29, 0.717) is 6.54 Å². The Bertz CT molecular complexity index is 892. The smallest absolute Gasteiger partial charge is 0.243 e. The molecule has 2 heterocycles. The molecule has 132 valence electrons. The zero-order valence-electron chi connectivity index (χ0n) is 15.3. The summed E-state index contributed by atoms with van der Waals surface area (Å²) in [6.07, 6.45) is 2.77. The number of nitrogens with zero attached hydrogens (tertiary/aromatic N) is 4. The van der Waals surface area contributed by atoms with Crippen LogP contribution >= 0.6 is 0 Å². The van der Waals surface area contributed by atoms with Crippen LogP contribution in [0.25, 0.3) is 11.0 Å². The molecule has 0 fully saturated rings. The van der Waals surface area contributed by atoms with Gasteiger partial charge in [-0.1, -0.05) is 19.1 Å². The van der Waals surface area contributed by atoms with Gasteiger partial charge in [0, 0.05) is 24.3 Å². The number of rotatable bonds is 6. The van der Waals surface area contributed by atoms with Crippen molar-refractivity contribution in [2.24, 2.45) is 0 Å². The summed E-state index contributed by atoms with van der Waals surface area (Å²) < 4.78 is 3.93. The fourth-order valence-corrected chi connectivity index (χ4v) is 3.16. The maximum Gasteiger partial charge on any atom is 0.243 e. The molecule has 0 unspecified atom stereocenters. The van der Waals surface area contributed by atoms with Gasteiger partial charge in [-0.05, 0) is 39.3 Å². The Kier molecular flexibility index (Phi) is 4.88. The molecule has 0 bridgehead atoms. The van der Waals surface area contributed by atoms with Gasteiger partial charge >= 0.3 is 0 Å². The second-order valence-electron chi connectivity index (χ2n) is 6.41. The van der Waals surface area contributed by atoms with Crippen LogP contribution in [-0.2, 0) is 17.9 Å². The molecule has 0 radical (unpaired) electrons. The average molecular weight is 339 g/mol. The Morgan fingerprint density at radius 2 is 2.04 bits per heavy atom. The molecule has 3 aromatic rings. The Labute approximate surface area is 147 Å². The van der Waals surface area contributed by atoms with Gasteiger partial charge in [0.2, 0.25) is 5.91 Å². The quantitative estimate of drug-likeness (QED) is 0.750. The van der Waals surface area contributed by atoms with Crippen LogP contribution in [0.3, 0.4) is 0 Å². The first-order chi connectivity index (χ1) is 12.0. The minimum absolute atomic E-state index is 0.0230. The standard InChI is InChI=1S/C19H25N5O/c1-5-10-24-14(3)16(13(2)22-24)11-20-19(25)15(4)23-12-21-17-8-6-7-9-18(17)23/h6-9,12,15H,5,10-11H2,1-4H3,(H,20,25)/t15-/m1/s1. The fraction of sp³-hybridized carbons (Fsp3) is 0.421. The van der Waals surface area contributed by atoms with E-state index in [1.807, 2.05) is 47.4 Å². The van der Waals surface area contributed by atoms with Gasteiger partial charge in [-0.3, -0.25) is 9.48 Å². The van der Waals surface area contributed by atoms with Gasteiger partial charge in [-0.15, -0.1) is 0 Å². The molecule has 0 saturated carbocycles. The number of para-hydroxylation sites is 2. The molecule has 25 heavy (non-hydrogen) atoms. The van der Waals surface area contributed by atoms with Crippen molar-refractivity contribution in [3.63, 3.8) is 0 Å². The SMILES string of the molecule is CCCn1nc(C)c(CNC(=O)[C@@H](C)n2cnc3ccccc32)c1C. The molecule has 0 aliphatic rings. The van der Waals surface area contributed by atoms with E-state index in [9.17, 15) is 4.79 Å². The molecule has 1 N–H and O–H groups in total. The predicted octanol–water partition coefficient (Wildman–Crippen LogP) is 3.14. The van der Waals surface area contributed by atoms with E-state index in [1.54, 1.807) is 6.33 Å². The van der Waals surface area contributed by atoms with E-state index >= 15 is 0 Å². The van der Waals surface area contributed by atoms with Crippen molar-refractivity contribution in [3.8, 4) is 0 Å². The third-order valence-electron chi connectivity index (χ3n) is 4.68. The third-order valence-corrected chi connectivity index (χ3v) is 4.68. The van der Waals surface area contributed by atoms with Gasteiger partial charge in [0.1, 0.15) is 6.04 Å². The number of hydrogen-bond acceptors (Lipinski definition) is 3. The van der Waals surface area contributed by atoms with Crippen LogP contribution in [0.5, 0.6) is 0 Å². The second-order valence-corrected chi connectivity index (χ2v) is 6.41. The fourth-order valence-electron chi connectivity index (χ4n) is 3.16. The lowest BCUT2D eigenvalue weighted by Crippen LogP contribution is -2.30. The summed E-state index contributed by atoms with van der Waals surface area (Å²) in [5, 5.41) is 7.61. The highest BCUT2D eigenvalue weighted by molar-refractivity contribution is 5.83. The number of hydrogen-bond donors (Lipinski definition) is 1. The van der Waals surface area contributed by atoms with Crippen LogP contribution in [-0.4, -0.2) is 25.2 Å². The van der Waals surface area contributed by atoms with Crippen molar-refractivity contribution in [2.45, 2.75) is 53.2 Å². The number of aryl methyl sites for hydroxylation is 2. The number of carbonyl (C=O) groups is 1. The van der Waals surface area contributed by atoms with Crippen molar-refractivity contribution < 1.29 is 4.79 Å². The van der Waals surface area contributed by atoms with Crippen LogP contribution in [0, 0.1) is 13.8 Å². The summed E-state index contributed by atoms with van der Waals surface area (Å²) in [5.41, 5.74) is 5.07. The van der Waals surface area contributed by atoms with E-state index in [2.05, 4.69) is 29.2 Å². The largest absolute Gasteiger partial charge is 0.350 e. The molecule has 0 aliphatic carbocycles. The van der Waals surface area contributed by atoms with E-state index in [1.165, 1.54) is 0 Å². The predicted molar refractivity (Wildman–Crippen MR) is 98.3 cm³/mol. The Balaban J connectivity index is 1.72. The molecule has 0 aliphatic heterocycles. The topological polar surface area (TPSA) is 64.7 Å². The van der Waals surface area contributed by atoms with Crippen LogP contribution in [0.2, 0.25) is 0 Å². The minimum Gasteiger partial charge on any atom is -0.350 e. The van der Waals surface area contributed by atoms with Crippen molar-refractivity contribution in [1.29, 1.82) is 0 Å². The van der Waals surface area contributed by atoms with E-state index < -0.39 is 0 Å². The highest BCUT2D eigenvalue weighted by Gasteiger charge is 2.18. The number of benzene rings is 1. The summed E-state index contributed by atoms with van der Waals surface area (Å²) in [6.45, 7) is 9.48. The normalized spacial score (nSPS) is 12.5. The minimum atomic E-state index is -0.321. The second kappa shape index (κ2) is 7.09. The van der Waals surface area contributed by atoms with Crippen LogP contribution in [0.15, 0.2) is 30.6 Å². The Morgan fingerprint density at radius 3 is 2.80 bits per heavy atom. The van der Waals surface area contributed by atoms with E-state index in [4.69, 9.17) is 0 Å². The maximum absolute atomic E-state index is 12.6. The summed E-state index contributed by atoms with van der Waals surface area (Å²) in [4.78, 5) is 17.0. The summed E-state index contributed by atoms with van der Waals surface area (Å²) in [5.74, 6) is -0.0230. The zero-order chi connectivity index (χ0) is 18.0. The van der Waals surface area contributed by atoms with Crippen molar-refractivity contribution in [1.82, 2.24) is 24.6 Å². The molecular weight excluding hydrogens is 314 g/mol. The van der Waals surface area contributed by atoms with E-state index in [-0.39, 0.29) is 11.9 Å². The lowest BCUT2D eigenvalue weighted by Gasteiger charge is -2.15. The average Bonchev–Trinajstić information content (AvgIpc) is 3.14. The first-order valence-electron chi connectivity index (χ1n) is 8.75. The molecule has 1 aromatic carbocycles. The Morgan fingerprint density at radius 1 is 1.28 bits per heavy atom. The molecule has 3 rings (SSSR count). The zero-order valence-corrected chi connectivity index (χ0v) is 15.3. The van der Waals surface area contributed by atoms with Crippen molar-refractivity contribution in [3.05, 3.63) is 47.5 Å². The highest BCUT2D eigenvalue weighted by atomic mass is 16.2. The van der Waals surface area contributed by atoms with Gasteiger partial charge in [0.15, 0.2) is 0 Å². The molecule has 0 spiro atoms. The lowest BCUT2D eigenvalue weighted by atomic mass is 10.2. The van der Waals surface area contributed by atoms with Gasteiger partial charge in [-0.2, -0.15) is 5.10 Å². The summed E-state index contributed by atoms with van der Waals surface area (Å²) in [7, 11) is 0. The highest BCUT2D eigenvalue weighted by Crippen LogP contribution is 2.18. The maximum atomic E-state index is 12.6. The molecular formula is C19H25N5O. The van der Waals surface area contributed by atoms with Gasteiger partial charge < -0.3 is 9.88 Å². The lowest BCUT2D eigenvalue weighted by molar-refractivity contribution is -0.123. The monoisotopic (exact) mass is 339 g/mol. The van der Waals surface area contributed by atoms with Crippen molar-refractivity contribution in [2.75, 3.05) is 0 Å². The molecule has 6 heteroatoms. The van der Waals surface area contributed by atoms with Crippen molar-refractivity contribution >= 4 is 16.9 Å². The number of fused-ring (bicyclic) bond motifs is 1. The number of aromatic nitrogens is 4. The Hall–Kier alpha value is -2.63. The van der Waals surface area contributed by atoms with E-state index in [0.717, 1.165) is 41.0 Å². The summed E-state index contributed by atoms with van der Waals surface area (Å²) in [6, 6.07) is 7.52. The van der Waals surface area contributed by atoms with Gasteiger partial charge in [0.25, 0.3) is 0 Å². The van der Waals surface area contributed by atoms with Crippen LogP contribution in [0.1, 0.15) is 43.3 Å². The molecule has 0 saturated heterocycles. The van der Waals surface area contributed by atoms with Gasteiger partial charge in [-0.25, -0.2) is 4.98 Å². The number of amides is 1. The van der Waals surface area contributed by atoms with Crippen LogP contribution < -0.4 is 5.32 Å². The third kappa shape index (κ3) is 3.29. The van der Waals surface area contributed by atoms with Crippen LogP contribution in [0.4, 0.5) is 0 Å². The van der Waals surface area contributed by atoms with Gasteiger partial charge in [0.05, 0.1) is 23.1 Å². The molecule has 1 amide bonds. The number of carbonyl (C=O) groups excluding carboxylic acids is 1. The first kappa shape index (κ1) is 17.2. The molecule has 2 aromatic heterocycles. The number of nitrogens with one attached hydrogen (secondary N) is 1. The first-order valence-corrected chi connectivity index (χ1v) is 8.75.